The van der Waals surface area contributed by atoms with Crippen molar-refractivity contribution >= 4 is 74.9 Å². The van der Waals surface area contributed by atoms with E-state index in [9.17, 15) is 0 Å². The summed E-state index contributed by atoms with van der Waals surface area (Å²) >= 11 is 1.79. The highest BCUT2D eigenvalue weighted by Crippen LogP contribution is 2.41. The standard InChI is InChI=1S/C47H28N4S/c1-2-13-29(14-3-1)45-48-46(50-47(49-45)38-22-12-21-36-35-20-9-11-24-43(35)52-44(36)38)37-25-26-41(33-18-7-6-17-32(33)37)51-40-23-10-8-19-34(40)39-27-30-15-4-5-16-31(30)28-42(39)51/h1-28H. The predicted molar refractivity (Wildman–Crippen MR) is 218 cm³/mol. The number of benzene rings is 8. The minimum absolute atomic E-state index is 0.651. The largest absolute Gasteiger partial charge is 0.309 e. The van der Waals surface area contributed by atoms with Gasteiger partial charge in [-0.3, -0.25) is 0 Å². The van der Waals surface area contributed by atoms with Crippen LogP contribution in [0, 0.1) is 0 Å². The molecule has 0 aliphatic carbocycles. The van der Waals surface area contributed by atoms with E-state index in [2.05, 4.69) is 156 Å². The molecule has 242 valence electrons. The van der Waals surface area contributed by atoms with Crippen molar-refractivity contribution in [3.8, 4) is 39.9 Å². The highest BCUT2D eigenvalue weighted by molar-refractivity contribution is 7.26. The van der Waals surface area contributed by atoms with Gasteiger partial charge in [0.1, 0.15) is 0 Å². The van der Waals surface area contributed by atoms with Gasteiger partial charge < -0.3 is 4.57 Å². The van der Waals surface area contributed by atoms with Crippen LogP contribution in [0.2, 0.25) is 0 Å². The summed E-state index contributed by atoms with van der Waals surface area (Å²) in [6.07, 6.45) is 0. The highest BCUT2D eigenvalue weighted by Gasteiger charge is 2.20. The van der Waals surface area contributed by atoms with Gasteiger partial charge in [0.25, 0.3) is 0 Å². The van der Waals surface area contributed by atoms with Crippen molar-refractivity contribution in [2.45, 2.75) is 0 Å². The monoisotopic (exact) mass is 680 g/mol. The molecule has 8 aromatic carbocycles. The van der Waals surface area contributed by atoms with Crippen LogP contribution < -0.4 is 0 Å². The number of para-hydroxylation sites is 1. The SMILES string of the molecule is c1ccc(-c2nc(-c3ccc(-n4c5ccccc5c5cc6ccccc6cc54)c4ccccc34)nc(-c3cccc4c3sc3ccccc34)n2)cc1. The van der Waals surface area contributed by atoms with Crippen LogP contribution in [0.15, 0.2) is 170 Å². The van der Waals surface area contributed by atoms with E-state index >= 15 is 0 Å². The third-order valence-electron chi connectivity index (χ3n) is 10.2. The number of fused-ring (bicyclic) bond motifs is 8. The minimum Gasteiger partial charge on any atom is -0.309 e. The van der Waals surface area contributed by atoms with Gasteiger partial charge in [0.15, 0.2) is 17.5 Å². The quantitative estimate of drug-likeness (QED) is 0.186. The van der Waals surface area contributed by atoms with Crippen molar-refractivity contribution in [2.75, 3.05) is 0 Å². The Balaban J connectivity index is 1.17. The zero-order valence-electron chi connectivity index (χ0n) is 27.9. The van der Waals surface area contributed by atoms with E-state index in [4.69, 9.17) is 15.0 Å². The van der Waals surface area contributed by atoms with Gasteiger partial charge in [0, 0.05) is 53.0 Å². The van der Waals surface area contributed by atoms with Gasteiger partial charge in [-0.2, -0.15) is 0 Å². The van der Waals surface area contributed by atoms with Crippen molar-refractivity contribution in [1.29, 1.82) is 0 Å². The molecule has 0 aliphatic rings. The number of nitrogens with zero attached hydrogens (tertiary/aromatic N) is 4. The van der Waals surface area contributed by atoms with Crippen LogP contribution in [-0.2, 0) is 0 Å². The number of aromatic nitrogens is 4. The molecule has 5 heteroatoms. The average molecular weight is 681 g/mol. The lowest BCUT2D eigenvalue weighted by Gasteiger charge is -2.15. The molecule has 0 unspecified atom stereocenters. The van der Waals surface area contributed by atoms with Gasteiger partial charge in [0.05, 0.1) is 16.7 Å². The molecule has 3 aromatic heterocycles. The highest BCUT2D eigenvalue weighted by atomic mass is 32.1. The Morgan fingerprint density at radius 1 is 0.385 bits per heavy atom. The second-order valence-electron chi connectivity index (χ2n) is 13.2. The van der Waals surface area contributed by atoms with Crippen LogP contribution in [0.5, 0.6) is 0 Å². The van der Waals surface area contributed by atoms with E-state index in [1.807, 2.05) is 18.2 Å². The van der Waals surface area contributed by atoms with Crippen LogP contribution in [0.3, 0.4) is 0 Å². The summed E-state index contributed by atoms with van der Waals surface area (Å²) in [6.45, 7) is 0. The van der Waals surface area contributed by atoms with Crippen LogP contribution in [0.1, 0.15) is 0 Å². The van der Waals surface area contributed by atoms with Crippen molar-refractivity contribution in [3.63, 3.8) is 0 Å². The normalized spacial score (nSPS) is 11.8. The van der Waals surface area contributed by atoms with Crippen LogP contribution in [0.4, 0.5) is 0 Å². The fraction of sp³-hybridized carbons (Fsp3) is 0. The van der Waals surface area contributed by atoms with Crippen LogP contribution >= 0.6 is 11.3 Å². The molecule has 52 heavy (non-hydrogen) atoms. The van der Waals surface area contributed by atoms with E-state index in [0.717, 1.165) is 33.2 Å². The molecule has 0 spiro atoms. The first kappa shape index (κ1) is 29.1. The Morgan fingerprint density at radius 3 is 1.87 bits per heavy atom. The molecule has 0 fully saturated rings. The third kappa shape index (κ3) is 4.43. The summed E-state index contributed by atoms with van der Waals surface area (Å²) in [5.74, 6) is 1.97. The minimum atomic E-state index is 0.651. The van der Waals surface area contributed by atoms with Gasteiger partial charge in [-0.05, 0) is 58.6 Å². The molecule has 0 saturated carbocycles. The van der Waals surface area contributed by atoms with E-state index in [1.165, 1.54) is 52.8 Å². The predicted octanol–water partition coefficient (Wildman–Crippen LogP) is 12.6. The maximum atomic E-state index is 5.27. The Kier molecular flexibility index (Phi) is 6.39. The van der Waals surface area contributed by atoms with Gasteiger partial charge in [-0.1, -0.05) is 127 Å². The molecule has 0 saturated heterocycles. The Hall–Kier alpha value is -6.69. The number of hydrogen-bond acceptors (Lipinski definition) is 4. The number of thiophene rings is 1. The molecule has 0 aliphatic heterocycles. The van der Waals surface area contributed by atoms with Gasteiger partial charge in [-0.25, -0.2) is 15.0 Å². The van der Waals surface area contributed by atoms with Gasteiger partial charge in [0.2, 0.25) is 0 Å². The summed E-state index contributed by atoms with van der Waals surface area (Å²) < 4.78 is 4.85. The molecular formula is C47H28N4S. The average Bonchev–Trinajstić information content (AvgIpc) is 3.75. The summed E-state index contributed by atoms with van der Waals surface area (Å²) in [5.41, 5.74) is 6.41. The first-order valence-corrected chi connectivity index (χ1v) is 18.3. The molecule has 0 amide bonds. The maximum absolute atomic E-state index is 5.27. The fourth-order valence-electron chi connectivity index (χ4n) is 7.84. The molecule has 0 bridgehead atoms. The lowest BCUT2D eigenvalue weighted by molar-refractivity contribution is 1.08. The fourth-order valence-corrected chi connectivity index (χ4v) is 9.06. The van der Waals surface area contributed by atoms with E-state index in [1.54, 1.807) is 11.3 Å². The number of hydrogen-bond donors (Lipinski definition) is 0. The zero-order chi connectivity index (χ0) is 34.2. The molecule has 11 rings (SSSR count). The topological polar surface area (TPSA) is 43.6 Å². The van der Waals surface area contributed by atoms with E-state index in [0.29, 0.717) is 17.5 Å². The lowest BCUT2D eigenvalue weighted by Crippen LogP contribution is -2.02. The summed E-state index contributed by atoms with van der Waals surface area (Å²) in [4.78, 5) is 15.6. The first-order valence-electron chi connectivity index (χ1n) is 17.5. The Bertz CT molecular complexity index is 3190. The van der Waals surface area contributed by atoms with Crippen LogP contribution in [0.25, 0.3) is 103 Å². The van der Waals surface area contributed by atoms with Crippen molar-refractivity contribution in [3.05, 3.63) is 170 Å². The summed E-state index contributed by atoms with van der Waals surface area (Å²) in [7, 11) is 0. The first-order chi connectivity index (χ1) is 25.8. The summed E-state index contributed by atoms with van der Waals surface area (Å²) in [6, 6.07) is 60.3. The second kappa shape index (κ2) is 11.4. The van der Waals surface area contributed by atoms with Crippen molar-refractivity contribution in [1.82, 2.24) is 19.5 Å². The smallest absolute Gasteiger partial charge is 0.165 e. The Morgan fingerprint density at radius 2 is 1.02 bits per heavy atom. The third-order valence-corrected chi connectivity index (χ3v) is 11.5. The second-order valence-corrected chi connectivity index (χ2v) is 14.3. The van der Waals surface area contributed by atoms with Crippen molar-refractivity contribution < 1.29 is 0 Å². The van der Waals surface area contributed by atoms with Gasteiger partial charge in [-0.15, -0.1) is 11.3 Å². The zero-order valence-corrected chi connectivity index (χ0v) is 28.7. The van der Waals surface area contributed by atoms with Gasteiger partial charge >= 0.3 is 0 Å². The molecule has 4 nitrogen and oxygen atoms in total. The van der Waals surface area contributed by atoms with Crippen LogP contribution in [-0.4, -0.2) is 19.5 Å². The molecule has 11 aromatic rings. The summed E-state index contributed by atoms with van der Waals surface area (Å²) in [5, 5.41) is 9.63. The molecule has 0 radical (unpaired) electrons. The molecular weight excluding hydrogens is 653 g/mol. The number of rotatable bonds is 4. The van der Waals surface area contributed by atoms with E-state index in [-0.39, 0.29) is 0 Å². The molecule has 0 atom stereocenters. The van der Waals surface area contributed by atoms with E-state index < -0.39 is 0 Å². The Labute approximate surface area is 302 Å². The molecule has 3 heterocycles. The molecule has 0 N–H and O–H groups in total. The van der Waals surface area contributed by atoms with Crippen molar-refractivity contribution in [2.24, 2.45) is 0 Å². The maximum Gasteiger partial charge on any atom is 0.165 e. The lowest BCUT2D eigenvalue weighted by atomic mass is 10.0.